The SMILES string of the molecule is Cc1c(/C=C/c2ccccc2)cnn1-c1ccccc1. The van der Waals surface area contributed by atoms with Gasteiger partial charge in [0.25, 0.3) is 0 Å². The molecule has 0 unspecified atom stereocenters. The average molecular weight is 260 g/mol. The second kappa shape index (κ2) is 5.57. The van der Waals surface area contributed by atoms with Gasteiger partial charge in [0.15, 0.2) is 0 Å². The van der Waals surface area contributed by atoms with Crippen LogP contribution < -0.4 is 0 Å². The van der Waals surface area contributed by atoms with Crippen LogP contribution in [0, 0.1) is 6.92 Å². The molecule has 0 saturated carbocycles. The molecule has 0 radical (unpaired) electrons. The predicted molar refractivity (Wildman–Crippen MR) is 83.7 cm³/mol. The molecule has 0 saturated heterocycles. The maximum absolute atomic E-state index is 4.46. The van der Waals surface area contributed by atoms with Gasteiger partial charge in [-0.25, -0.2) is 4.68 Å². The molecular formula is C18H16N2. The van der Waals surface area contributed by atoms with E-state index in [0.29, 0.717) is 0 Å². The van der Waals surface area contributed by atoms with E-state index in [4.69, 9.17) is 0 Å². The molecule has 0 atom stereocenters. The van der Waals surface area contributed by atoms with Crippen LogP contribution in [0.1, 0.15) is 16.8 Å². The molecule has 0 aliphatic carbocycles. The van der Waals surface area contributed by atoms with Crippen molar-refractivity contribution < 1.29 is 0 Å². The summed E-state index contributed by atoms with van der Waals surface area (Å²) in [6.07, 6.45) is 6.12. The summed E-state index contributed by atoms with van der Waals surface area (Å²) in [5.41, 5.74) is 4.56. The minimum Gasteiger partial charge on any atom is -0.237 e. The number of aromatic nitrogens is 2. The molecule has 20 heavy (non-hydrogen) atoms. The first-order valence-corrected chi connectivity index (χ1v) is 6.68. The predicted octanol–water partition coefficient (Wildman–Crippen LogP) is 4.35. The van der Waals surface area contributed by atoms with Crippen LogP contribution in [0.4, 0.5) is 0 Å². The fourth-order valence-electron chi connectivity index (χ4n) is 2.17. The first kappa shape index (κ1) is 12.4. The summed E-state index contributed by atoms with van der Waals surface area (Å²) in [5, 5.41) is 4.46. The minimum absolute atomic E-state index is 1.09. The van der Waals surface area contributed by atoms with Gasteiger partial charge in [0, 0.05) is 11.3 Å². The summed E-state index contributed by atoms with van der Waals surface area (Å²) >= 11 is 0. The lowest BCUT2D eigenvalue weighted by molar-refractivity contribution is 0.847. The van der Waals surface area contributed by atoms with Crippen molar-refractivity contribution in [3.8, 4) is 5.69 Å². The molecule has 0 aliphatic rings. The van der Waals surface area contributed by atoms with Crippen molar-refractivity contribution in [1.29, 1.82) is 0 Å². The van der Waals surface area contributed by atoms with E-state index >= 15 is 0 Å². The van der Waals surface area contributed by atoms with Crippen molar-refractivity contribution in [2.24, 2.45) is 0 Å². The first-order valence-electron chi connectivity index (χ1n) is 6.68. The number of rotatable bonds is 3. The molecule has 98 valence electrons. The molecule has 0 fully saturated rings. The van der Waals surface area contributed by atoms with Gasteiger partial charge in [0.1, 0.15) is 0 Å². The fraction of sp³-hybridized carbons (Fsp3) is 0.0556. The average Bonchev–Trinajstić information content (AvgIpc) is 2.88. The number of nitrogens with zero attached hydrogens (tertiary/aromatic N) is 2. The molecular weight excluding hydrogens is 244 g/mol. The highest BCUT2D eigenvalue weighted by molar-refractivity contribution is 5.70. The molecule has 0 bridgehead atoms. The van der Waals surface area contributed by atoms with E-state index < -0.39 is 0 Å². The van der Waals surface area contributed by atoms with Gasteiger partial charge in [-0.1, -0.05) is 60.7 Å². The molecule has 0 amide bonds. The smallest absolute Gasteiger partial charge is 0.0648 e. The summed E-state index contributed by atoms with van der Waals surface area (Å²) < 4.78 is 1.96. The van der Waals surface area contributed by atoms with Crippen molar-refractivity contribution in [3.05, 3.63) is 83.7 Å². The van der Waals surface area contributed by atoms with Crippen LogP contribution in [0.25, 0.3) is 17.8 Å². The quantitative estimate of drug-likeness (QED) is 0.684. The normalized spacial score (nSPS) is 11.1. The summed E-state index contributed by atoms with van der Waals surface area (Å²) in [5.74, 6) is 0. The molecule has 0 spiro atoms. The van der Waals surface area contributed by atoms with Crippen molar-refractivity contribution in [3.63, 3.8) is 0 Å². The Labute approximate surface area is 119 Å². The monoisotopic (exact) mass is 260 g/mol. The van der Waals surface area contributed by atoms with E-state index in [2.05, 4.69) is 48.4 Å². The van der Waals surface area contributed by atoms with Crippen molar-refractivity contribution in [2.45, 2.75) is 6.92 Å². The fourth-order valence-corrected chi connectivity index (χ4v) is 2.17. The molecule has 1 heterocycles. The zero-order chi connectivity index (χ0) is 13.8. The Hall–Kier alpha value is -2.61. The Morgan fingerprint density at radius 1 is 0.850 bits per heavy atom. The highest BCUT2D eigenvalue weighted by atomic mass is 15.3. The van der Waals surface area contributed by atoms with E-state index in [1.807, 2.05) is 47.3 Å². The molecule has 2 aromatic carbocycles. The number of benzene rings is 2. The van der Waals surface area contributed by atoms with Gasteiger partial charge >= 0.3 is 0 Å². The van der Waals surface area contributed by atoms with Crippen LogP contribution in [0.15, 0.2) is 66.9 Å². The number of para-hydroxylation sites is 1. The molecule has 3 rings (SSSR count). The molecule has 0 aliphatic heterocycles. The lowest BCUT2D eigenvalue weighted by Gasteiger charge is -2.03. The Bertz CT molecular complexity index is 710. The summed E-state index contributed by atoms with van der Waals surface area (Å²) in [4.78, 5) is 0. The maximum Gasteiger partial charge on any atom is 0.0648 e. The van der Waals surface area contributed by atoms with Gasteiger partial charge < -0.3 is 0 Å². The van der Waals surface area contributed by atoms with Crippen molar-refractivity contribution >= 4 is 12.2 Å². The van der Waals surface area contributed by atoms with E-state index in [9.17, 15) is 0 Å². The van der Waals surface area contributed by atoms with Gasteiger partial charge in [0.2, 0.25) is 0 Å². The highest BCUT2D eigenvalue weighted by Gasteiger charge is 2.04. The molecule has 2 heteroatoms. The minimum atomic E-state index is 1.09. The second-order valence-corrected chi connectivity index (χ2v) is 4.68. The van der Waals surface area contributed by atoms with Crippen LogP contribution in [0.5, 0.6) is 0 Å². The standard InChI is InChI=1S/C18H16N2/c1-15-17(13-12-16-8-4-2-5-9-16)14-19-20(15)18-10-6-3-7-11-18/h2-14H,1H3/b13-12+. The second-order valence-electron chi connectivity index (χ2n) is 4.68. The zero-order valence-corrected chi connectivity index (χ0v) is 11.4. The third kappa shape index (κ3) is 2.54. The van der Waals surface area contributed by atoms with E-state index in [1.54, 1.807) is 0 Å². The van der Waals surface area contributed by atoms with Crippen molar-refractivity contribution in [2.75, 3.05) is 0 Å². The molecule has 1 aromatic heterocycles. The Morgan fingerprint density at radius 3 is 2.20 bits per heavy atom. The van der Waals surface area contributed by atoms with Crippen LogP contribution in [-0.4, -0.2) is 9.78 Å². The van der Waals surface area contributed by atoms with Gasteiger partial charge in [-0.2, -0.15) is 5.10 Å². The van der Waals surface area contributed by atoms with E-state index in [0.717, 1.165) is 16.9 Å². The van der Waals surface area contributed by atoms with Crippen molar-refractivity contribution in [1.82, 2.24) is 9.78 Å². The summed E-state index contributed by atoms with van der Waals surface area (Å²) in [6.45, 7) is 2.09. The van der Waals surface area contributed by atoms with Crippen LogP contribution in [0.3, 0.4) is 0 Å². The maximum atomic E-state index is 4.46. The number of hydrogen-bond donors (Lipinski definition) is 0. The van der Waals surface area contributed by atoms with Crippen LogP contribution >= 0.6 is 0 Å². The largest absolute Gasteiger partial charge is 0.237 e. The van der Waals surface area contributed by atoms with E-state index in [1.165, 1.54) is 5.56 Å². The lowest BCUT2D eigenvalue weighted by Crippen LogP contribution is -1.98. The Kier molecular flexibility index (Phi) is 3.46. The molecule has 0 N–H and O–H groups in total. The van der Waals surface area contributed by atoms with Gasteiger partial charge in [-0.15, -0.1) is 0 Å². The first-order chi connectivity index (χ1) is 9.84. The van der Waals surface area contributed by atoms with Gasteiger partial charge in [-0.05, 0) is 24.6 Å². The third-order valence-corrected chi connectivity index (χ3v) is 3.30. The van der Waals surface area contributed by atoms with Gasteiger partial charge in [-0.3, -0.25) is 0 Å². The van der Waals surface area contributed by atoms with Crippen LogP contribution in [0.2, 0.25) is 0 Å². The Morgan fingerprint density at radius 2 is 1.50 bits per heavy atom. The number of hydrogen-bond acceptors (Lipinski definition) is 1. The Balaban J connectivity index is 1.90. The molecule has 2 nitrogen and oxygen atoms in total. The zero-order valence-electron chi connectivity index (χ0n) is 11.4. The lowest BCUT2D eigenvalue weighted by atomic mass is 10.1. The highest BCUT2D eigenvalue weighted by Crippen LogP contribution is 2.16. The topological polar surface area (TPSA) is 17.8 Å². The molecule has 3 aromatic rings. The summed E-state index contributed by atoms with van der Waals surface area (Å²) in [6, 6.07) is 20.5. The van der Waals surface area contributed by atoms with E-state index in [-0.39, 0.29) is 0 Å². The summed E-state index contributed by atoms with van der Waals surface area (Å²) in [7, 11) is 0. The van der Waals surface area contributed by atoms with Gasteiger partial charge in [0.05, 0.1) is 11.9 Å². The third-order valence-electron chi connectivity index (χ3n) is 3.30. The van der Waals surface area contributed by atoms with Crippen LogP contribution in [-0.2, 0) is 0 Å².